The van der Waals surface area contributed by atoms with Gasteiger partial charge in [-0.2, -0.15) is 0 Å². The average Bonchev–Trinajstić information content (AvgIpc) is 3.32. The molecular formula is C37H26O4. The van der Waals surface area contributed by atoms with Crippen LogP contribution in [0.15, 0.2) is 146 Å². The molecule has 0 heterocycles. The van der Waals surface area contributed by atoms with E-state index in [0.717, 1.165) is 33.4 Å². The van der Waals surface area contributed by atoms with Gasteiger partial charge in [0.15, 0.2) is 23.0 Å². The van der Waals surface area contributed by atoms with Crippen LogP contribution in [0.1, 0.15) is 22.3 Å². The van der Waals surface area contributed by atoms with E-state index in [1.807, 2.05) is 109 Å². The van der Waals surface area contributed by atoms with Gasteiger partial charge in [-0.05, 0) is 81.9 Å². The first kappa shape index (κ1) is 24.6. The van der Waals surface area contributed by atoms with Gasteiger partial charge in [0.2, 0.25) is 0 Å². The van der Waals surface area contributed by atoms with Crippen LogP contribution in [0, 0.1) is 0 Å². The van der Waals surface area contributed by atoms with E-state index in [1.165, 1.54) is 0 Å². The molecule has 0 atom stereocenters. The summed E-state index contributed by atoms with van der Waals surface area (Å²) < 4.78 is 12.3. The SMILES string of the molecule is Oc1ccc(C2(c3ccc(O)c(Oc4ccccc4)c3)c3ccccc3-c3ccccc32)cc1Oc1ccccc1. The molecule has 4 heteroatoms. The van der Waals surface area contributed by atoms with Crippen LogP contribution in [0.25, 0.3) is 11.1 Å². The molecule has 6 aromatic rings. The van der Waals surface area contributed by atoms with E-state index in [4.69, 9.17) is 9.47 Å². The number of phenols is 2. The number of benzene rings is 6. The lowest BCUT2D eigenvalue weighted by Crippen LogP contribution is -2.28. The second-order valence-electron chi connectivity index (χ2n) is 10.0. The lowest BCUT2D eigenvalue weighted by molar-refractivity contribution is 0.409. The van der Waals surface area contributed by atoms with Crippen molar-refractivity contribution in [3.05, 3.63) is 168 Å². The number of hydrogen-bond acceptors (Lipinski definition) is 4. The van der Waals surface area contributed by atoms with E-state index in [1.54, 1.807) is 12.1 Å². The predicted octanol–water partition coefficient (Wildman–Crippen LogP) is 9.05. The summed E-state index contributed by atoms with van der Waals surface area (Å²) in [7, 11) is 0. The molecule has 1 aliphatic carbocycles. The van der Waals surface area contributed by atoms with Gasteiger partial charge >= 0.3 is 0 Å². The average molecular weight is 535 g/mol. The van der Waals surface area contributed by atoms with Crippen molar-refractivity contribution in [2.75, 3.05) is 0 Å². The van der Waals surface area contributed by atoms with Gasteiger partial charge in [-0.15, -0.1) is 0 Å². The first-order valence-corrected chi connectivity index (χ1v) is 13.5. The van der Waals surface area contributed by atoms with Gasteiger partial charge in [0, 0.05) is 0 Å². The Balaban J connectivity index is 1.49. The van der Waals surface area contributed by atoms with Crippen molar-refractivity contribution in [2.45, 2.75) is 5.41 Å². The minimum Gasteiger partial charge on any atom is -0.504 e. The molecule has 0 aromatic heterocycles. The third-order valence-electron chi connectivity index (χ3n) is 7.68. The monoisotopic (exact) mass is 534 g/mol. The van der Waals surface area contributed by atoms with E-state index < -0.39 is 5.41 Å². The maximum Gasteiger partial charge on any atom is 0.169 e. The molecule has 7 rings (SSSR count). The third-order valence-corrected chi connectivity index (χ3v) is 7.68. The number of para-hydroxylation sites is 2. The Hall–Kier alpha value is -5.48. The standard InChI is InChI=1S/C37H26O4/c38-33-21-19-25(23-35(33)40-27-11-3-1-4-12-27)37(31-17-9-7-15-29(31)30-16-8-10-18-32(30)37)26-20-22-34(39)36(24-26)41-28-13-5-2-6-14-28/h1-24,38-39H. The van der Waals surface area contributed by atoms with E-state index in [-0.39, 0.29) is 11.5 Å². The van der Waals surface area contributed by atoms with Crippen molar-refractivity contribution in [1.29, 1.82) is 0 Å². The normalized spacial score (nSPS) is 12.8. The minimum absolute atomic E-state index is 0.0473. The first-order valence-electron chi connectivity index (χ1n) is 13.5. The van der Waals surface area contributed by atoms with Crippen molar-refractivity contribution >= 4 is 0 Å². The van der Waals surface area contributed by atoms with Gasteiger partial charge in [-0.3, -0.25) is 0 Å². The number of phenolic OH excluding ortho intramolecular Hbond substituents is 2. The van der Waals surface area contributed by atoms with Gasteiger partial charge in [0.25, 0.3) is 0 Å². The maximum atomic E-state index is 10.9. The number of rotatable bonds is 6. The molecule has 0 aliphatic heterocycles. The van der Waals surface area contributed by atoms with Crippen LogP contribution in [0.5, 0.6) is 34.5 Å². The number of aromatic hydroxyl groups is 2. The Bertz CT molecular complexity index is 1720. The summed E-state index contributed by atoms with van der Waals surface area (Å²) in [4.78, 5) is 0. The van der Waals surface area contributed by atoms with Gasteiger partial charge in [0.05, 0.1) is 5.41 Å². The van der Waals surface area contributed by atoms with Crippen LogP contribution in [-0.4, -0.2) is 10.2 Å². The fourth-order valence-corrected chi connectivity index (χ4v) is 5.91. The summed E-state index contributed by atoms with van der Waals surface area (Å²) in [5, 5.41) is 21.7. The molecular weight excluding hydrogens is 508 g/mol. The zero-order valence-corrected chi connectivity index (χ0v) is 22.1. The second-order valence-corrected chi connectivity index (χ2v) is 10.0. The van der Waals surface area contributed by atoms with E-state index in [2.05, 4.69) is 24.3 Å². The highest BCUT2D eigenvalue weighted by Crippen LogP contribution is 2.57. The zero-order chi connectivity index (χ0) is 27.8. The van der Waals surface area contributed by atoms with Crippen molar-refractivity contribution < 1.29 is 19.7 Å². The molecule has 41 heavy (non-hydrogen) atoms. The molecule has 4 nitrogen and oxygen atoms in total. The molecule has 0 bridgehead atoms. The van der Waals surface area contributed by atoms with E-state index >= 15 is 0 Å². The van der Waals surface area contributed by atoms with Crippen molar-refractivity contribution in [2.24, 2.45) is 0 Å². The lowest BCUT2D eigenvalue weighted by Gasteiger charge is -2.34. The summed E-state index contributed by atoms with van der Waals surface area (Å²) in [5.41, 5.74) is 5.48. The summed E-state index contributed by atoms with van der Waals surface area (Å²) in [6.07, 6.45) is 0. The van der Waals surface area contributed by atoms with Gasteiger partial charge in [0.1, 0.15) is 11.5 Å². The molecule has 0 radical (unpaired) electrons. The van der Waals surface area contributed by atoms with Crippen LogP contribution in [-0.2, 0) is 5.41 Å². The maximum absolute atomic E-state index is 10.9. The largest absolute Gasteiger partial charge is 0.504 e. The van der Waals surface area contributed by atoms with Crippen LogP contribution in [0.3, 0.4) is 0 Å². The van der Waals surface area contributed by atoms with E-state index in [0.29, 0.717) is 23.0 Å². The molecule has 0 saturated heterocycles. The molecule has 0 saturated carbocycles. The summed E-state index contributed by atoms with van der Waals surface area (Å²) >= 11 is 0. The van der Waals surface area contributed by atoms with E-state index in [9.17, 15) is 10.2 Å². The summed E-state index contributed by atoms with van der Waals surface area (Å²) in [6, 6.07) is 46.7. The third kappa shape index (κ3) is 4.09. The number of ether oxygens (including phenoxy) is 2. The Morgan fingerprint density at radius 1 is 0.415 bits per heavy atom. The Morgan fingerprint density at radius 3 is 1.24 bits per heavy atom. The predicted molar refractivity (Wildman–Crippen MR) is 160 cm³/mol. The Kier molecular flexibility index (Phi) is 5.94. The number of fused-ring (bicyclic) bond motifs is 3. The van der Waals surface area contributed by atoms with Crippen LogP contribution in [0.2, 0.25) is 0 Å². The fraction of sp³-hybridized carbons (Fsp3) is 0.0270. The Labute approximate surface area is 238 Å². The number of hydrogen-bond donors (Lipinski definition) is 2. The fourth-order valence-electron chi connectivity index (χ4n) is 5.91. The lowest BCUT2D eigenvalue weighted by atomic mass is 9.67. The highest BCUT2D eigenvalue weighted by molar-refractivity contribution is 5.86. The minimum atomic E-state index is -0.780. The summed E-state index contributed by atoms with van der Waals surface area (Å²) in [6.45, 7) is 0. The molecule has 6 aromatic carbocycles. The van der Waals surface area contributed by atoms with Crippen molar-refractivity contribution in [3.8, 4) is 45.6 Å². The van der Waals surface area contributed by atoms with Gasteiger partial charge in [-0.25, -0.2) is 0 Å². The van der Waals surface area contributed by atoms with Crippen LogP contribution < -0.4 is 9.47 Å². The summed E-state index contributed by atoms with van der Waals surface area (Å²) in [5.74, 6) is 2.06. The molecule has 2 N–H and O–H groups in total. The molecule has 0 amide bonds. The molecule has 0 fully saturated rings. The topological polar surface area (TPSA) is 58.9 Å². The highest BCUT2D eigenvalue weighted by Gasteiger charge is 2.46. The van der Waals surface area contributed by atoms with Crippen molar-refractivity contribution in [3.63, 3.8) is 0 Å². The molecule has 0 spiro atoms. The van der Waals surface area contributed by atoms with Gasteiger partial charge in [-0.1, -0.05) is 97.1 Å². The molecule has 198 valence electrons. The Morgan fingerprint density at radius 2 is 0.805 bits per heavy atom. The zero-order valence-electron chi connectivity index (χ0n) is 22.1. The highest BCUT2D eigenvalue weighted by atomic mass is 16.5. The molecule has 0 unspecified atom stereocenters. The van der Waals surface area contributed by atoms with Gasteiger partial charge < -0.3 is 19.7 Å². The first-order chi connectivity index (χ1) is 20.1. The smallest absolute Gasteiger partial charge is 0.169 e. The quantitative estimate of drug-likeness (QED) is 0.223. The van der Waals surface area contributed by atoms with Crippen LogP contribution in [0.4, 0.5) is 0 Å². The van der Waals surface area contributed by atoms with Crippen molar-refractivity contribution in [1.82, 2.24) is 0 Å². The second kappa shape index (κ2) is 9.92. The van der Waals surface area contributed by atoms with Crippen LogP contribution >= 0.6 is 0 Å². The molecule has 1 aliphatic rings.